The van der Waals surface area contributed by atoms with Crippen LogP contribution in [-0.2, 0) is 20.0 Å². The molecule has 8 heterocycles. The minimum Gasteiger partial charge on any atom is -0.310 e. The molecule has 4 aliphatic heterocycles. The van der Waals surface area contributed by atoms with Gasteiger partial charge in [0, 0.05) is 131 Å². The van der Waals surface area contributed by atoms with E-state index in [4.69, 9.17) is 0 Å². The highest BCUT2D eigenvalue weighted by Gasteiger charge is 2.52. The maximum atomic E-state index is 17.0. The van der Waals surface area contributed by atoms with Gasteiger partial charge in [-0.05, 0) is 192 Å². The first-order chi connectivity index (χ1) is 54.8. The summed E-state index contributed by atoms with van der Waals surface area (Å²) >= 11 is 0. The summed E-state index contributed by atoms with van der Waals surface area (Å²) < 4.78 is 43.6. The monoisotopic (exact) mass is 1470 g/mol. The highest BCUT2D eigenvalue weighted by atomic mass is 31.2. The summed E-state index contributed by atoms with van der Waals surface area (Å²) in [6.45, 7) is 9.49. The molecular weight excluding hydrogens is 1400 g/mol. The Hall–Kier alpha value is -13.2. The summed E-state index contributed by atoms with van der Waals surface area (Å²) in [6.07, 6.45) is 0. The fraction of sp³-hybridized carbons (Fsp3) is 0.0588. The average molecular weight is 1470 g/mol. The Morgan fingerprint density at radius 3 is 0.625 bits per heavy atom. The fourth-order valence-corrected chi connectivity index (χ4v) is 26.7. The quantitative estimate of drug-likeness (QED) is 0.142. The summed E-state index contributed by atoms with van der Waals surface area (Å²) in [5, 5.41) is 14.2. The summed E-state index contributed by atoms with van der Waals surface area (Å²) in [5.41, 5.74) is 25.4. The highest BCUT2D eigenvalue weighted by Crippen LogP contribution is 2.62. The molecule has 0 spiro atoms. The van der Waals surface area contributed by atoms with Crippen molar-refractivity contribution in [2.75, 3.05) is 9.80 Å². The summed E-state index contributed by atoms with van der Waals surface area (Å²) in [7, 11) is -7.08. The first-order valence-corrected chi connectivity index (χ1v) is 42.1. The zero-order chi connectivity index (χ0) is 74.4. The molecule has 10 heteroatoms. The smallest absolute Gasteiger partial charge is 0.172 e. The molecule has 0 unspecified atom stereocenters. The molecule has 24 rings (SSSR count). The third-order valence-electron chi connectivity index (χ3n) is 25.5. The van der Waals surface area contributed by atoms with Crippen molar-refractivity contribution >= 4 is 167 Å². The van der Waals surface area contributed by atoms with E-state index < -0.39 is 25.1 Å². The number of benzene rings is 16. The van der Waals surface area contributed by atoms with Crippen LogP contribution in [0.3, 0.4) is 0 Å². The minimum atomic E-state index is -3.54. The Balaban J connectivity index is 0.619. The lowest BCUT2D eigenvalue weighted by Gasteiger charge is -2.42. The van der Waals surface area contributed by atoms with E-state index in [9.17, 15) is 0 Å². The molecule has 0 fully saturated rings. The molecule has 0 N–H and O–H groups in total. The molecule has 16 aromatic carbocycles. The standard InChI is InChI=1S/C102H70N6O2P2/c1-101(2)79-59-65(105-83-31-13-5-23-71(83)72-24-6-14-32-84(72)105)47-55-91(79)103(92-56-48-66(60-80(92)101)106-85-33-15-7-25-73(85)74-26-8-16-34-86(74)106)63-43-51-69(52-44-63)111(109)95-39-21-41-97-99(95)100-96(111)40-22-42-98(100)112(97,110)70-53-45-64(46-54-70)104-93-57-49-67(107-87-35-17-9-27-75(87)76-28-10-18-36-88(76)107)61-81(93)102(3,4)82-62-68(50-58-94(82)104)108-89-37-19-11-29-77(89)78-30-12-20-38-90(78)108/h5-62H,1-4H3. The highest BCUT2D eigenvalue weighted by molar-refractivity contribution is 7.89. The van der Waals surface area contributed by atoms with Crippen LogP contribution < -0.4 is 41.6 Å². The third-order valence-corrected chi connectivity index (χ3v) is 31.8. The topological polar surface area (TPSA) is 60.3 Å². The predicted molar refractivity (Wildman–Crippen MR) is 469 cm³/mol. The van der Waals surface area contributed by atoms with E-state index in [1.807, 2.05) is 36.4 Å². The van der Waals surface area contributed by atoms with E-state index in [-0.39, 0.29) is 0 Å². The van der Waals surface area contributed by atoms with Gasteiger partial charge >= 0.3 is 0 Å². The predicted octanol–water partition coefficient (Wildman–Crippen LogP) is 23.9. The van der Waals surface area contributed by atoms with E-state index in [1.54, 1.807) is 0 Å². The molecule has 0 aliphatic carbocycles. The molecule has 530 valence electrons. The molecule has 4 aliphatic rings. The second-order valence-corrected chi connectivity index (χ2v) is 37.2. The van der Waals surface area contributed by atoms with Gasteiger partial charge in [-0.1, -0.05) is 210 Å². The molecule has 8 nitrogen and oxygen atoms in total. The lowest BCUT2D eigenvalue weighted by molar-refractivity contribution is 0.592. The molecule has 112 heavy (non-hydrogen) atoms. The van der Waals surface area contributed by atoms with Gasteiger partial charge in [-0.2, -0.15) is 0 Å². The van der Waals surface area contributed by atoms with E-state index in [0.29, 0.717) is 0 Å². The van der Waals surface area contributed by atoms with Gasteiger partial charge in [-0.3, -0.25) is 0 Å². The molecule has 0 saturated carbocycles. The van der Waals surface area contributed by atoms with Crippen LogP contribution in [0.4, 0.5) is 34.1 Å². The number of hydrogen-bond donors (Lipinski definition) is 0. The Bertz CT molecular complexity index is 6620. The van der Waals surface area contributed by atoms with Crippen LogP contribution in [0.1, 0.15) is 49.9 Å². The van der Waals surface area contributed by atoms with Gasteiger partial charge in [0.2, 0.25) is 0 Å². The summed E-state index contributed by atoms with van der Waals surface area (Å²) in [4.78, 5) is 4.82. The second-order valence-electron chi connectivity index (χ2n) is 31.8. The van der Waals surface area contributed by atoms with Crippen LogP contribution in [0.15, 0.2) is 352 Å². The maximum absolute atomic E-state index is 17.0. The third kappa shape index (κ3) is 8.31. The molecule has 0 bridgehead atoms. The van der Waals surface area contributed by atoms with Gasteiger partial charge in [0.25, 0.3) is 0 Å². The van der Waals surface area contributed by atoms with Crippen molar-refractivity contribution in [3.8, 4) is 33.9 Å². The number of aromatic nitrogens is 4. The lowest BCUT2D eigenvalue weighted by Crippen LogP contribution is -2.31. The zero-order valence-electron chi connectivity index (χ0n) is 61.9. The Kier molecular flexibility index (Phi) is 12.9. The van der Waals surface area contributed by atoms with Crippen molar-refractivity contribution in [1.82, 2.24) is 18.3 Å². The summed E-state index contributed by atoms with van der Waals surface area (Å²) in [6, 6.07) is 127. The Morgan fingerprint density at radius 1 is 0.214 bits per heavy atom. The van der Waals surface area contributed by atoms with E-state index in [1.165, 1.54) is 65.3 Å². The molecular formula is C102H70N6O2P2. The van der Waals surface area contributed by atoms with Crippen molar-refractivity contribution in [1.29, 1.82) is 0 Å². The van der Waals surface area contributed by atoms with Crippen molar-refractivity contribution in [3.05, 3.63) is 374 Å². The number of anilines is 6. The molecule has 20 aromatic rings. The molecule has 0 saturated heterocycles. The van der Waals surface area contributed by atoms with Gasteiger partial charge < -0.3 is 37.2 Å². The van der Waals surface area contributed by atoms with Crippen molar-refractivity contribution < 1.29 is 9.13 Å². The van der Waals surface area contributed by atoms with Crippen molar-refractivity contribution in [2.45, 2.75) is 38.5 Å². The van der Waals surface area contributed by atoms with Crippen LogP contribution in [0.25, 0.3) is 121 Å². The van der Waals surface area contributed by atoms with Crippen LogP contribution in [0.2, 0.25) is 0 Å². The Morgan fingerprint density at radius 2 is 0.411 bits per heavy atom. The first-order valence-electron chi connectivity index (χ1n) is 38.7. The largest absolute Gasteiger partial charge is 0.310 e. The molecule has 0 radical (unpaired) electrons. The number of fused-ring (bicyclic) bond motifs is 16. The molecule has 0 atom stereocenters. The van der Waals surface area contributed by atoms with Crippen LogP contribution in [0, 0.1) is 0 Å². The fourth-order valence-electron chi connectivity index (χ4n) is 20.4. The summed E-state index contributed by atoms with van der Waals surface area (Å²) in [5.74, 6) is 0. The van der Waals surface area contributed by atoms with Crippen molar-refractivity contribution in [2.24, 2.45) is 0 Å². The molecule has 0 amide bonds. The maximum Gasteiger partial charge on any atom is 0.172 e. The number of hydrogen-bond acceptors (Lipinski definition) is 4. The number of para-hydroxylation sites is 8. The minimum absolute atomic E-state index is 0.469. The van der Waals surface area contributed by atoms with Gasteiger partial charge in [0.15, 0.2) is 14.3 Å². The van der Waals surface area contributed by atoms with Gasteiger partial charge in [0.05, 0.1) is 66.9 Å². The normalized spacial score (nSPS) is 15.1. The number of nitrogens with zero attached hydrogens (tertiary/aromatic N) is 6. The van der Waals surface area contributed by atoms with Crippen molar-refractivity contribution in [3.63, 3.8) is 0 Å². The van der Waals surface area contributed by atoms with E-state index in [0.717, 1.165) is 144 Å². The lowest BCUT2D eigenvalue weighted by atomic mass is 9.73. The van der Waals surface area contributed by atoms with E-state index >= 15 is 9.13 Å². The first kappa shape index (κ1) is 63.7. The van der Waals surface area contributed by atoms with Crippen LogP contribution >= 0.6 is 14.3 Å². The van der Waals surface area contributed by atoms with Crippen LogP contribution in [0.5, 0.6) is 0 Å². The average Bonchev–Trinajstić information content (AvgIpc) is 1.53. The number of rotatable bonds is 8. The van der Waals surface area contributed by atoms with Crippen LogP contribution in [-0.4, -0.2) is 18.3 Å². The van der Waals surface area contributed by atoms with Gasteiger partial charge in [-0.25, -0.2) is 0 Å². The zero-order valence-corrected chi connectivity index (χ0v) is 63.7. The van der Waals surface area contributed by atoms with Gasteiger partial charge in [-0.15, -0.1) is 0 Å². The second kappa shape index (κ2) is 22.7. The SMILES string of the molecule is CC1(C)c2cc(-n3c4ccccc4c4ccccc43)ccc2N(c2ccc(P3(=O)c4cccc5c4-c4c3cccc4P5(=O)c3ccc(N4c5ccc(-n6c7ccccc7c7ccccc76)cc5C(C)(C)c5cc(-n6c7ccccc7c7ccccc76)ccc54)cc3)cc2)c2ccc(-n3c4ccccc4c4ccccc43)cc21. The Labute approximate surface area is 646 Å². The van der Waals surface area contributed by atoms with Gasteiger partial charge in [0.1, 0.15) is 0 Å². The molecule has 4 aromatic heterocycles. The van der Waals surface area contributed by atoms with E-state index in [2.05, 4.69) is 371 Å².